The van der Waals surface area contributed by atoms with Crippen LogP contribution in [0.15, 0.2) is 42.5 Å². The number of methoxy groups -OCH3 is 1. The normalized spacial score (nSPS) is 16.7. The lowest BCUT2D eigenvalue weighted by atomic mass is 10.1. The lowest BCUT2D eigenvalue weighted by molar-refractivity contribution is 0.103. The highest BCUT2D eigenvalue weighted by Gasteiger charge is 2.23. The van der Waals surface area contributed by atoms with Crippen molar-refractivity contribution in [3.63, 3.8) is 0 Å². The summed E-state index contributed by atoms with van der Waals surface area (Å²) in [5.41, 5.74) is 0.831. The summed E-state index contributed by atoms with van der Waals surface area (Å²) in [6.45, 7) is 3.19. The molecule has 0 spiro atoms. The van der Waals surface area contributed by atoms with Crippen LogP contribution in [-0.4, -0.2) is 49.8 Å². The second-order valence-electron chi connectivity index (χ2n) is 6.14. The summed E-state index contributed by atoms with van der Waals surface area (Å²) >= 11 is 0. The number of halogens is 2. The molecular weight excluding hydrogens is 326 g/mol. The second kappa shape index (κ2) is 7.80. The molecule has 0 radical (unpaired) electrons. The van der Waals surface area contributed by atoms with Crippen LogP contribution in [0.5, 0.6) is 5.75 Å². The van der Waals surface area contributed by atoms with Crippen molar-refractivity contribution in [1.82, 2.24) is 4.90 Å². The minimum absolute atomic E-state index is 0.212. The van der Waals surface area contributed by atoms with Gasteiger partial charge in [-0.15, -0.1) is 0 Å². The van der Waals surface area contributed by atoms with E-state index in [4.69, 9.17) is 4.74 Å². The first-order valence-corrected chi connectivity index (χ1v) is 8.32. The average molecular weight is 348 g/mol. The summed E-state index contributed by atoms with van der Waals surface area (Å²) in [5.74, 6) is -0.601. The number of anilines is 1. The fourth-order valence-corrected chi connectivity index (χ4v) is 3.16. The van der Waals surface area contributed by atoms with Crippen molar-refractivity contribution in [3.05, 3.63) is 59.7 Å². The smallest absolute Gasteiger partial charge is 0.131 e. The van der Waals surface area contributed by atoms with Crippen LogP contribution < -0.4 is 9.64 Å². The Bertz CT molecular complexity index is 698. The highest BCUT2D eigenvalue weighted by atomic mass is 19.1. The molecule has 2 aromatic rings. The fourth-order valence-electron chi connectivity index (χ4n) is 3.16. The molecule has 1 aliphatic heterocycles. The minimum Gasteiger partial charge on any atom is -0.497 e. The largest absolute Gasteiger partial charge is 0.497 e. The lowest BCUT2D eigenvalue weighted by Gasteiger charge is -2.37. The maximum atomic E-state index is 13.8. The second-order valence-corrected chi connectivity index (χ2v) is 6.14. The van der Waals surface area contributed by atoms with E-state index in [1.165, 1.54) is 18.2 Å². The number of benzene rings is 2. The van der Waals surface area contributed by atoms with Gasteiger partial charge in [0.2, 0.25) is 0 Å². The molecule has 1 aliphatic rings. The Balaban J connectivity index is 1.59. The van der Waals surface area contributed by atoms with Crippen LogP contribution in [0.25, 0.3) is 0 Å². The highest BCUT2D eigenvalue weighted by molar-refractivity contribution is 5.51. The number of aliphatic hydroxyl groups is 1. The minimum atomic E-state index is -1.18. The van der Waals surface area contributed by atoms with Crippen molar-refractivity contribution in [2.24, 2.45) is 0 Å². The molecule has 6 heteroatoms. The number of nitrogens with zero attached hydrogens (tertiary/aromatic N) is 2. The molecule has 2 aromatic carbocycles. The highest BCUT2D eigenvalue weighted by Crippen LogP contribution is 2.24. The summed E-state index contributed by atoms with van der Waals surface area (Å²) in [5, 5.41) is 10.2. The van der Waals surface area contributed by atoms with E-state index >= 15 is 0 Å². The summed E-state index contributed by atoms with van der Waals surface area (Å²) < 4.78 is 32.8. The van der Waals surface area contributed by atoms with Crippen LogP contribution in [0.1, 0.15) is 11.7 Å². The molecule has 0 saturated carbocycles. The molecular formula is C19H22F2N2O2. The average Bonchev–Trinajstić information content (AvgIpc) is 2.62. The molecule has 1 N–H and O–H groups in total. The van der Waals surface area contributed by atoms with Gasteiger partial charge in [-0.05, 0) is 24.3 Å². The summed E-state index contributed by atoms with van der Waals surface area (Å²) in [4.78, 5) is 4.25. The van der Waals surface area contributed by atoms with E-state index in [2.05, 4.69) is 4.90 Å². The zero-order valence-corrected chi connectivity index (χ0v) is 14.2. The Morgan fingerprint density at radius 2 is 1.68 bits per heavy atom. The molecule has 0 aliphatic carbocycles. The Morgan fingerprint density at radius 3 is 2.32 bits per heavy atom. The molecule has 4 nitrogen and oxygen atoms in total. The molecule has 0 amide bonds. The monoisotopic (exact) mass is 348 g/mol. The lowest BCUT2D eigenvalue weighted by Crippen LogP contribution is -2.47. The molecule has 0 aromatic heterocycles. The van der Waals surface area contributed by atoms with Gasteiger partial charge in [-0.25, -0.2) is 8.78 Å². The van der Waals surface area contributed by atoms with Crippen molar-refractivity contribution >= 4 is 5.69 Å². The van der Waals surface area contributed by atoms with Crippen molar-refractivity contribution in [3.8, 4) is 5.75 Å². The van der Waals surface area contributed by atoms with E-state index in [1.54, 1.807) is 7.11 Å². The molecule has 1 heterocycles. The van der Waals surface area contributed by atoms with E-state index < -0.39 is 17.7 Å². The van der Waals surface area contributed by atoms with Gasteiger partial charge in [0.15, 0.2) is 0 Å². The first-order chi connectivity index (χ1) is 12.1. The number of β-amino-alcohol motifs (C(OH)–C–C–N with tert-alkyl or cyclic N) is 1. The topological polar surface area (TPSA) is 35.9 Å². The zero-order valence-electron chi connectivity index (χ0n) is 14.2. The summed E-state index contributed by atoms with van der Waals surface area (Å²) in [6, 6.07) is 11.5. The predicted molar refractivity (Wildman–Crippen MR) is 93.0 cm³/mol. The van der Waals surface area contributed by atoms with Crippen LogP contribution in [0.3, 0.4) is 0 Å². The first kappa shape index (κ1) is 17.6. The molecule has 3 rings (SSSR count). The number of aliphatic hydroxyl groups excluding tert-OH is 1. The zero-order chi connectivity index (χ0) is 17.8. The van der Waals surface area contributed by atoms with Crippen LogP contribution in [-0.2, 0) is 0 Å². The van der Waals surface area contributed by atoms with Crippen LogP contribution in [0.4, 0.5) is 14.5 Å². The third-order valence-corrected chi connectivity index (χ3v) is 4.55. The quantitative estimate of drug-likeness (QED) is 0.901. The van der Waals surface area contributed by atoms with Gasteiger partial charge in [0.05, 0.1) is 18.8 Å². The van der Waals surface area contributed by atoms with E-state index in [1.807, 2.05) is 29.2 Å². The van der Waals surface area contributed by atoms with Crippen LogP contribution in [0, 0.1) is 11.6 Å². The maximum absolute atomic E-state index is 13.8. The molecule has 1 fully saturated rings. The van der Waals surface area contributed by atoms with Gasteiger partial charge < -0.3 is 14.7 Å². The Morgan fingerprint density at radius 1 is 1.04 bits per heavy atom. The van der Waals surface area contributed by atoms with Crippen LogP contribution in [0.2, 0.25) is 0 Å². The predicted octanol–water partition coefficient (Wildman–Crippen LogP) is 2.83. The molecule has 1 atom stereocenters. The van der Waals surface area contributed by atoms with Crippen molar-refractivity contribution in [2.45, 2.75) is 6.10 Å². The van der Waals surface area contributed by atoms with Gasteiger partial charge >= 0.3 is 0 Å². The standard InChI is InChI=1S/C19H22F2N2O2/c1-25-15-5-2-4-14(12-15)23-10-8-22(9-11-23)13-18(24)19-16(20)6-3-7-17(19)21/h2-7,12,18,24H,8-11,13H2,1H3. The number of ether oxygens (including phenoxy) is 1. The van der Waals surface area contributed by atoms with Gasteiger partial charge in [-0.3, -0.25) is 4.90 Å². The van der Waals surface area contributed by atoms with Gasteiger partial charge in [0, 0.05) is 44.5 Å². The molecule has 0 bridgehead atoms. The van der Waals surface area contributed by atoms with Crippen molar-refractivity contribution in [1.29, 1.82) is 0 Å². The van der Waals surface area contributed by atoms with Gasteiger partial charge in [-0.2, -0.15) is 0 Å². The van der Waals surface area contributed by atoms with Gasteiger partial charge in [-0.1, -0.05) is 12.1 Å². The van der Waals surface area contributed by atoms with Crippen molar-refractivity contribution < 1.29 is 18.6 Å². The summed E-state index contributed by atoms with van der Waals surface area (Å²) in [7, 11) is 1.64. The Hall–Kier alpha value is -2.18. The third-order valence-electron chi connectivity index (χ3n) is 4.55. The van der Waals surface area contributed by atoms with Gasteiger partial charge in [0.25, 0.3) is 0 Å². The van der Waals surface area contributed by atoms with Gasteiger partial charge in [0.1, 0.15) is 17.4 Å². The summed E-state index contributed by atoms with van der Waals surface area (Å²) in [6.07, 6.45) is -1.18. The maximum Gasteiger partial charge on any atom is 0.131 e. The molecule has 1 saturated heterocycles. The fraction of sp³-hybridized carbons (Fsp3) is 0.368. The van der Waals surface area contributed by atoms with E-state index in [0.717, 1.165) is 24.5 Å². The molecule has 25 heavy (non-hydrogen) atoms. The number of piperazine rings is 1. The SMILES string of the molecule is COc1cccc(N2CCN(CC(O)c3c(F)cccc3F)CC2)c1. The van der Waals surface area contributed by atoms with Crippen LogP contribution >= 0.6 is 0 Å². The Labute approximate surface area is 146 Å². The first-order valence-electron chi connectivity index (χ1n) is 8.32. The van der Waals surface area contributed by atoms with E-state index in [-0.39, 0.29) is 12.1 Å². The third kappa shape index (κ3) is 4.08. The van der Waals surface area contributed by atoms with Crippen molar-refractivity contribution in [2.75, 3.05) is 44.7 Å². The number of hydrogen-bond donors (Lipinski definition) is 1. The number of hydrogen-bond acceptors (Lipinski definition) is 4. The number of rotatable bonds is 5. The Kier molecular flexibility index (Phi) is 5.50. The van der Waals surface area contributed by atoms with E-state index in [9.17, 15) is 13.9 Å². The molecule has 1 unspecified atom stereocenters. The van der Waals surface area contributed by atoms with E-state index in [0.29, 0.717) is 13.1 Å². The molecule has 134 valence electrons.